The minimum Gasteiger partial charge on any atom is -0.457 e. The third kappa shape index (κ3) is 6.63. The van der Waals surface area contributed by atoms with E-state index in [0.29, 0.717) is 11.5 Å². The molecule has 3 aromatic rings. The number of carbonyl (C=O) groups is 1. The van der Waals surface area contributed by atoms with Crippen LogP contribution in [0.3, 0.4) is 0 Å². The average Bonchev–Trinajstić information content (AvgIpc) is 2.80. The molecule has 0 saturated carbocycles. The van der Waals surface area contributed by atoms with Crippen LogP contribution in [0.1, 0.15) is 12.0 Å². The zero-order valence-electron chi connectivity index (χ0n) is 18.0. The van der Waals surface area contributed by atoms with Crippen molar-refractivity contribution in [3.05, 3.63) is 84.7 Å². The molecule has 1 aromatic heterocycles. The Morgan fingerprint density at radius 2 is 1.56 bits per heavy atom. The summed E-state index contributed by atoms with van der Waals surface area (Å²) < 4.78 is 37.2. The molecule has 8 heteroatoms. The zero-order valence-corrected chi connectivity index (χ0v) is 18.9. The summed E-state index contributed by atoms with van der Waals surface area (Å²) in [4.78, 5) is 18.0. The fourth-order valence-electron chi connectivity index (χ4n) is 2.96. The van der Waals surface area contributed by atoms with E-state index in [1.54, 1.807) is 50.8 Å². The van der Waals surface area contributed by atoms with E-state index < -0.39 is 15.9 Å². The second-order valence-electron chi connectivity index (χ2n) is 7.38. The molecular formula is C24H26N2O5S. The van der Waals surface area contributed by atoms with Crippen molar-refractivity contribution < 1.29 is 22.7 Å². The third-order valence-electron chi connectivity index (χ3n) is 4.73. The van der Waals surface area contributed by atoms with Crippen molar-refractivity contribution in [2.45, 2.75) is 24.0 Å². The van der Waals surface area contributed by atoms with Gasteiger partial charge in [-0.15, -0.1) is 0 Å². The summed E-state index contributed by atoms with van der Waals surface area (Å²) in [7, 11) is -0.371. The van der Waals surface area contributed by atoms with Crippen molar-refractivity contribution >= 4 is 15.7 Å². The molecule has 1 heterocycles. The van der Waals surface area contributed by atoms with Crippen molar-refractivity contribution in [1.29, 1.82) is 0 Å². The van der Waals surface area contributed by atoms with Crippen molar-refractivity contribution in [3.8, 4) is 11.5 Å². The number of nitrogens with zero attached hydrogens (tertiary/aromatic N) is 2. The lowest BCUT2D eigenvalue weighted by molar-refractivity contribution is -0.142. The quantitative estimate of drug-likeness (QED) is 0.464. The van der Waals surface area contributed by atoms with E-state index >= 15 is 0 Å². The van der Waals surface area contributed by atoms with Gasteiger partial charge in [-0.1, -0.05) is 18.2 Å². The van der Waals surface area contributed by atoms with E-state index in [1.165, 1.54) is 17.0 Å². The Morgan fingerprint density at radius 1 is 0.938 bits per heavy atom. The van der Waals surface area contributed by atoms with Crippen LogP contribution in [0.2, 0.25) is 0 Å². The van der Waals surface area contributed by atoms with Crippen LogP contribution >= 0.6 is 0 Å². The minimum atomic E-state index is -3.60. The summed E-state index contributed by atoms with van der Waals surface area (Å²) in [5.74, 6) is 0.712. The molecule has 1 atom stereocenters. The second kappa shape index (κ2) is 10.9. The van der Waals surface area contributed by atoms with Crippen molar-refractivity contribution in [2.75, 3.05) is 19.8 Å². The van der Waals surface area contributed by atoms with Gasteiger partial charge in [0.15, 0.2) is 9.84 Å². The van der Waals surface area contributed by atoms with Crippen LogP contribution in [0.15, 0.2) is 84.0 Å². The predicted octanol–water partition coefficient (Wildman–Crippen LogP) is 3.71. The van der Waals surface area contributed by atoms with Crippen LogP contribution in [-0.2, 0) is 26.0 Å². The monoisotopic (exact) mass is 454 g/mol. The highest BCUT2D eigenvalue weighted by atomic mass is 32.2. The van der Waals surface area contributed by atoms with Gasteiger partial charge in [0, 0.05) is 26.5 Å². The summed E-state index contributed by atoms with van der Waals surface area (Å²) in [6.45, 7) is 0.193. The van der Waals surface area contributed by atoms with Crippen LogP contribution < -0.4 is 4.74 Å². The molecule has 0 aliphatic heterocycles. The molecule has 0 fully saturated rings. The first-order valence-corrected chi connectivity index (χ1v) is 11.8. The maximum atomic E-state index is 12.8. The average molecular weight is 455 g/mol. The maximum Gasteiger partial charge on any atom is 0.251 e. The number of para-hydroxylation sites is 1. The molecule has 2 aromatic carbocycles. The van der Waals surface area contributed by atoms with Gasteiger partial charge in [0.05, 0.1) is 17.3 Å². The van der Waals surface area contributed by atoms with E-state index in [0.717, 1.165) is 5.56 Å². The molecule has 0 bridgehead atoms. The number of ether oxygens (including phenoxy) is 2. The number of amides is 1. The van der Waals surface area contributed by atoms with Gasteiger partial charge in [0.2, 0.25) is 0 Å². The number of carbonyl (C=O) groups excluding carboxylic acids is 1. The molecule has 0 aliphatic carbocycles. The lowest BCUT2D eigenvalue weighted by Crippen LogP contribution is -2.36. The van der Waals surface area contributed by atoms with Crippen LogP contribution in [0, 0.1) is 0 Å². The summed E-state index contributed by atoms with van der Waals surface area (Å²) in [5, 5.41) is 0. The molecular weight excluding hydrogens is 428 g/mol. The zero-order chi connectivity index (χ0) is 23.0. The van der Waals surface area contributed by atoms with Crippen LogP contribution in [0.25, 0.3) is 0 Å². The molecule has 1 unspecified atom stereocenters. The molecule has 0 saturated heterocycles. The molecule has 0 N–H and O–H groups in total. The Morgan fingerprint density at radius 3 is 2.19 bits per heavy atom. The maximum absolute atomic E-state index is 12.8. The smallest absolute Gasteiger partial charge is 0.251 e. The number of pyridine rings is 1. The van der Waals surface area contributed by atoms with Gasteiger partial charge in [-0.3, -0.25) is 9.78 Å². The SMILES string of the molecule is CN(C)C(=O)C(CCS(=O)(=O)c1ccc(Oc2ccccc2)cc1)OCc1ccncc1. The molecule has 7 nitrogen and oxygen atoms in total. The minimum absolute atomic E-state index is 0.0483. The number of likely N-dealkylation sites (N-methyl/N-ethyl adjacent to an activating group) is 1. The Hall–Kier alpha value is -3.23. The number of sulfone groups is 1. The van der Waals surface area contributed by atoms with Gasteiger partial charge in [-0.2, -0.15) is 0 Å². The van der Waals surface area contributed by atoms with E-state index in [1.807, 2.05) is 30.3 Å². The molecule has 32 heavy (non-hydrogen) atoms. The predicted molar refractivity (Wildman–Crippen MR) is 121 cm³/mol. The lowest BCUT2D eigenvalue weighted by Gasteiger charge is -2.21. The molecule has 3 rings (SSSR count). The normalized spacial score (nSPS) is 12.2. The molecule has 0 spiro atoms. The summed E-state index contributed by atoms with van der Waals surface area (Å²) in [6, 6.07) is 19.0. The fraction of sp³-hybridized carbons (Fsp3) is 0.250. The first-order chi connectivity index (χ1) is 15.3. The highest BCUT2D eigenvalue weighted by Crippen LogP contribution is 2.23. The summed E-state index contributed by atoms with van der Waals surface area (Å²) in [5.41, 5.74) is 0.855. The van der Waals surface area contributed by atoms with Crippen molar-refractivity contribution in [1.82, 2.24) is 9.88 Å². The number of rotatable bonds is 10. The Bertz CT molecular complexity index is 1100. The van der Waals surface area contributed by atoms with Crippen molar-refractivity contribution in [2.24, 2.45) is 0 Å². The van der Waals surface area contributed by atoms with Gasteiger partial charge in [-0.25, -0.2) is 8.42 Å². The van der Waals surface area contributed by atoms with Gasteiger partial charge in [0.1, 0.15) is 17.6 Å². The van der Waals surface area contributed by atoms with Gasteiger partial charge >= 0.3 is 0 Å². The largest absolute Gasteiger partial charge is 0.457 e. The van der Waals surface area contributed by atoms with Gasteiger partial charge in [-0.05, 0) is 60.5 Å². The van der Waals surface area contributed by atoms with E-state index in [-0.39, 0.29) is 29.6 Å². The fourth-order valence-corrected chi connectivity index (χ4v) is 4.27. The second-order valence-corrected chi connectivity index (χ2v) is 9.49. The number of benzene rings is 2. The lowest BCUT2D eigenvalue weighted by atomic mass is 10.2. The third-order valence-corrected chi connectivity index (χ3v) is 6.49. The Balaban J connectivity index is 1.64. The number of hydrogen-bond donors (Lipinski definition) is 0. The summed E-state index contributed by atoms with van der Waals surface area (Å²) >= 11 is 0. The molecule has 168 valence electrons. The first-order valence-electron chi connectivity index (χ1n) is 10.1. The number of hydrogen-bond acceptors (Lipinski definition) is 6. The van der Waals surface area contributed by atoms with E-state index in [2.05, 4.69) is 4.98 Å². The van der Waals surface area contributed by atoms with Gasteiger partial charge in [0.25, 0.3) is 5.91 Å². The first kappa shape index (κ1) is 23.4. The van der Waals surface area contributed by atoms with Crippen LogP contribution in [-0.4, -0.2) is 50.2 Å². The number of aromatic nitrogens is 1. The van der Waals surface area contributed by atoms with E-state index in [4.69, 9.17) is 9.47 Å². The highest BCUT2D eigenvalue weighted by Gasteiger charge is 2.25. The Labute approximate surface area is 188 Å². The van der Waals surface area contributed by atoms with Crippen molar-refractivity contribution in [3.63, 3.8) is 0 Å². The Kier molecular flexibility index (Phi) is 7.97. The topological polar surface area (TPSA) is 85.8 Å². The molecule has 0 aliphatic rings. The van der Waals surface area contributed by atoms with Gasteiger partial charge < -0.3 is 14.4 Å². The highest BCUT2D eigenvalue weighted by molar-refractivity contribution is 7.91. The standard InChI is InChI=1S/C24H26N2O5S/c1-26(2)24(27)23(30-18-19-12-15-25-16-13-19)14-17-32(28,29)22-10-8-21(9-11-22)31-20-6-4-3-5-7-20/h3-13,15-16,23H,14,17-18H2,1-2H3. The van der Waals surface area contributed by atoms with E-state index in [9.17, 15) is 13.2 Å². The summed E-state index contributed by atoms with van der Waals surface area (Å²) in [6.07, 6.45) is 2.45. The molecule has 1 amide bonds. The van der Waals surface area contributed by atoms with Crippen LogP contribution in [0.4, 0.5) is 0 Å². The molecule has 0 radical (unpaired) electrons. The van der Waals surface area contributed by atoms with Crippen LogP contribution in [0.5, 0.6) is 11.5 Å².